The molecule has 0 bridgehead atoms. The third-order valence-corrected chi connectivity index (χ3v) is 8.12. The van der Waals surface area contributed by atoms with Gasteiger partial charge >= 0.3 is 12.1 Å². The van der Waals surface area contributed by atoms with Gasteiger partial charge in [-0.1, -0.05) is 24.3 Å². The number of carbonyl (C=O) groups is 2. The van der Waals surface area contributed by atoms with Crippen molar-refractivity contribution in [3.63, 3.8) is 0 Å². The molecule has 0 saturated carbocycles. The number of carbonyl (C=O) groups excluding carboxylic acids is 2. The summed E-state index contributed by atoms with van der Waals surface area (Å²) in [5, 5.41) is 2.74. The number of benzene rings is 2. The van der Waals surface area contributed by atoms with Gasteiger partial charge in [-0.05, 0) is 85.3 Å². The molecule has 3 aromatic rings. The summed E-state index contributed by atoms with van der Waals surface area (Å²) in [5.74, 6) is -0.0454. The topological polar surface area (TPSA) is 64.6 Å². The molecule has 1 aromatic heterocycles. The summed E-state index contributed by atoms with van der Waals surface area (Å²) < 4.78 is 50.0. The number of alkyl halides is 3. The molecule has 0 radical (unpaired) electrons. The highest BCUT2D eigenvalue weighted by atomic mass is 32.1. The van der Waals surface area contributed by atoms with Gasteiger partial charge in [0.1, 0.15) is 5.75 Å². The van der Waals surface area contributed by atoms with E-state index in [1.165, 1.54) is 30.6 Å². The van der Waals surface area contributed by atoms with Crippen LogP contribution in [0.4, 0.5) is 13.2 Å². The Hall–Kier alpha value is -3.85. The molecule has 0 aliphatic rings. The molecule has 0 atom stereocenters. The standard InChI is InChI=1S/C32H34F3NO4S/c1-6-15-31(16-7-2,27-13-12-26(41-27)30(38)36-17-14-28(37)39-5)20-40-25-18-21(3)29(22(4)19-25)23-8-10-24(11-9-23)32(33,34)35/h6-13,18-19H,1-2,14-17,20H2,3-5H3,(H,36,38). The van der Waals surface area contributed by atoms with Gasteiger partial charge in [0, 0.05) is 16.8 Å². The SMILES string of the molecule is C=CCC(CC=C)(COc1cc(C)c(-c2ccc(C(F)(F)F)cc2)c(C)c1)c1ccc(C(=O)NCCC(=O)OC)s1. The van der Waals surface area contributed by atoms with E-state index in [1.807, 2.05) is 44.2 Å². The third kappa shape index (κ3) is 7.88. The molecule has 3 rings (SSSR count). The van der Waals surface area contributed by atoms with Gasteiger partial charge < -0.3 is 14.8 Å². The Morgan fingerprint density at radius 3 is 2.12 bits per heavy atom. The molecule has 9 heteroatoms. The summed E-state index contributed by atoms with van der Waals surface area (Å²) in [6, 6.07) is 12.6. The third-order valence-electron chi connectivity index (χ3n) is 6.79. The van der Waals surface area contributed by atoms with Gasteiger partial charge in [-0.15, -0.1) is 24.5 Å². The van der Waals surface area contributed by atoms with E-state index < -0.39 is 23.1 Å². The van der Waals surface area contributed by atoms with Crippen molar-refractivity contribution in [1.29, 1.82) is 0 Å². The van der Waals surface area contributed by atoms with Gasteiger partial charge in [0.2, 0.25) is 0 Å². The van der Waals surface area contributed by atoms with Crippen molar-refractivity contribution in [3.8, 4) is 16.9 Å². The fourth-order valence-corrected chi connectivity index (χ4v) is 5.86. The van der Waals surface area contributed by atoms with Crippen LogP contribution in [0.2, 0.25) is 0 Å². The zero-order valence-electron chi connectivity index (χ0n) is 23.4. The monoisotopic (exact) mass is 585 g/mol. The van der Waals surface area contributed by atoms with E-state index in [0.717, 1.165) is 33.7 Å². The Bertz CT molecular complexity index is 1360. The van der Waals surface area contributed by atoms with Crippen LogP contribution in [0.25, 0.3) is 11.1 Å². The quantitative estimate of drug-likeness (QED) is 0.164. The maximum absolute atomic E-state index is 13.0. The normalized spacial score (nSPS) is 11.6. The van der Waals surface area contributed by atoms with Crippen molar-refractivity contribution in [2.45, 2.75) is 44.7 Å². The average Bonchev–Trinajstić information content (AvgIpc) is 3.42. The van der Waals surface area contributed by atoms with Crippen LogP contribution in [-0.2, 0) is 21.1 Å². The molecule has 0 unspecified atom stereocenters. The molecule has 0 aliphatic carbocycles. The molecule has 1 N–H and O–H groups in total. The first-order valence-corrected chi connectivity index (χ1v) is 13.8. The fourth-order valence-electron chi connectivity index (χ4n) is 4.75. The Labute approximate surface area is 242 Å². The fraction of sp³-hybridized carbons (Fsp3) is 0.312. The van der Waals surface area contributed by atoms with E-state index in [4.69, 9.17) is 4.74 Å². The van der Waals surface area contributed by atoms with Crippen LogP contribution < -0.4 is 10.1 Å². The van der Waals surface area contributed by atoms with Crippen LogP contribution in [0, 0.1) is 13.8 Å². The Balaban J connectivity index is 1.82. The summed E-state index contributed by atoms with van der Waals surface area (Å²) in [6.45, 7) is 12.1. The molecular formula is C32H34F3NO4S. The molecule has 2 aromatic carbocycles. The molecule has 0 aliphatic heterocycles. The Morgan fingerprint density at radius 2 is 1.59 bits per heavy atom. The van der Waals surface area contributed by atoms with Crippen molar-refractivity contribution in [2.75, 3.05) is 20.3 Å². The van der Waals surface area contributed by atoms with Crippen molar-refractivity contribution < 1.29 is 32.2 Å². The zero-order valence-corrected chi connectivity index (χ0v) is 24.2. The maximum atomic E-state index is 13.0. The van der Waals surface area contributed by atoms with Crippen molar-refractivity contribution in [2.24, 2.45) is 0 Å². The lowest BCUT2D eigenvalue weighted by atomic mass is 9.80. The predicted molar refractivity (Wildman–Crippen MR) is 156 cm³/mol. The molecule has 41 heavy (non-hydrogen) atoms. The molecule has 1 amide bonds. The number of esters is 1. The molecule has 218 valence electrons. The molecule has 0 saturated heterocycles. The first kappa shape index (κ1) is 31.7. The number of halogens is 3. The lowest BCUT2D eigenvalue weighted by Gasteiger charge is -2.31. The van der Waals surface area contributed by atoms with Crippen molar-refractivity contribution >= 4 is 23.2 Å². The molecule has 0 fully saturated rings. The van der Waals surface area contributed by atoms with E-state index in [9.17, 15) is 22.8 Å². The predicted octanol–water partition coefficient (Wildman–Crippen LogP) is 7.81. The smallest absolute Gasteiger partial charge is 0.416 e. The Kier molecular flexibility index (Phi) is 10.6. The minimum absolute atomic E-state index is 0.0850. The molecular weight excluding hydrogens is 551 g/mol. The Morgan fingerprint density at radius 1 is 0.976 bits per heavy atom. The van der Waals surface area contributed by atoms with Crippen LogP contribution in [-0.4, -0.2) is 32.1 Å². The first-order chi connectivity index (χ1) is 19.4. The number of nitrogens with one attached hydrogen (secondary N) is 1. The van der Waals surface area contributed by atoms with Crippen LogP contribution in [0.3, 0.4) is 0 Å². The van der Waals surface area contributed by atoms with Gasteiger partial charge in [-0.25, -0.2) is 0 Å². The maximum Gasteiger partial charge on any atom is 0.416 e. The van der Waals surface area contributed by atoms with Crippen LogP contribution in [0.1, 0.15) is 50.5 Å². The number of rotatable bonds is 13. The zero-order chi connectivity index (χ0) is 30.2. The van der Waals surface area contributed by atoms with E-state index in [0.29, 0.717) is 29.0 Å². The second-order valence-electron chi connectivity index (χ2n) is 9.81. The number of thiophene rings is 1. The van der Waals surface area contributed by atoms with Gasteiger partial charge in [-0.3, -0.25) is 9.59 Å². The molecule has 0 spiro atoms. The van der Waals surface area contributed by atoms with E-state index >= 15 is 0 Å². The first-order valence-electron chi connectivity index (χ1n) is 13.0. The van der Waals surface area contributed by atoms with Gasteiger partial charge in [0.15, 0.2) is 0 Å². The minimum atomic E-state index is -4.39. The molecule has 5 nitrogen and oxygen atoms in total. The number of hydrogen-bond donors (Lipinski definition) is 1. The van der Waals surface area contributed by atoms with Crippen molar-refractivity contribution in [1.82, 2.24) is 5.32 Å². The number of allylic oxidation sites excluding steroid dienone is 2. The highest BCUT2D eigenvalue weighted by Crippen LogP contribution is 2.39. The summed E-state index contributed by atoms with van der Waals surface area (Å²) in [6.07, 6.45) is 0.470. The van der Waals surface area contributed by atoms with E-state index in [2.05, 4.69) is 23.2 Å². The summed E-state index contributed by atoms with van der Waals surface area (Å²) in [4.78, 5) is 25.4. The van der Waals surface area contributed by atoms with Crippen molar-refractivity contribution in [3.05, 3.63) is 100 Å². The van der Waals surface area contributed by atoms with Crippen LogP contribution in [0.15, 0.2) is 73.8 Å². The second-order valence-corrected chi connectivity index (χ2v) is 10.9. The number of methoxy groups -OCH3 is 1. The van der Waals surface area contributed by atoms with Gasteiger partial charge in [-0.2, -0.15) is 13.2 Å². The minimum Gasteiger partial charge on any atom is -0.493 e. The number of hydrogen-bond acceptors (Lipinski definition) is 5. The van der Waals surface area contributed by atoms with Gasteiger partial charge in [0.25, 0.3) is 5.91 Å². The summed E-state index contributed by atoms with van der Waals surface area (Å²) in [5.41, 5.74) is 2.10. The van der Waals surface area contributed by atoms with Gasteiger partial charge in [0.05, 0.1) is 30.6 Å². The largest absolute Gasteiger partial charge is 0.493 e. The second kappa shape index (κ2) is 13.7. The lowest BCUT2D eigenvalue weighted by Crippen LogP contribution is -2.32. The van der Waals surface area contributed by atoms with Crippen LogP contribution >= 0.6 is 11.3 Å². The number of ether oxygens (including phenoxy) is 2. The number of aryl methyl sites for hydroxylation is 2. The van der Waals surface area contributed by atoms with E-state index in [-0.39, 0.29) is 25.5 Å². The summed E-state index contributed by atoms with van der Waals surface area (Å²) >= 11 is 1.35. The molecule has 1 heterocycles. The lowest BCUT2D eigenvalue weighted by molar-refractivity contribution is -0.140. The average molecular weight is 586 g/mol. The summed E-state index contributed by atoms with van der Waals surface area (Å²) in [7, 11) is 1.30. The highest BCUT2D eigenvalue weighted by Gasteiger charge is 2.34. The van der Waals surface area contributed by atoms with Crippen LogP contribution in [0.5, 0.6) is 5.75 Å². The van der Waals surface area contributed by atoms with E-state index in [1.54, 1.807) is 6.07 Å². The highest BCUT2D eigenvalue weighted by molar-refractivity contribution is 7.14. The number of amides is 1.